The Hall–Kier alpha value is -3.04. The van der Waals surface area contributed by atoms with E-state index >= 15 is 0 Å². The van der Waals surface area contributed by atoms with E-state index in [0.29, 0.717) is 35.8 Å². The predicted octanol–water partition coefficient (Wildman–Crippen LogP) is 5.48. The number of amides is 2. The molecular weight excluding hydrogens is 511 g/mol. The monoisotopic (exact) mass is 535 g/mol. The number of carbonyl (C=O) groups is 2. The quantitative estimate of drug-likeness (QED) is 0.421. The molecule has 10 heteroatoms. The molecule has 1 aromatic heterocycles. The lowest BCUT2D eigenvalue weighted by atomic mass is 10.0. The van der Waals surface area contributed by atoms with Gasteiger partial charge in [0.15, 0.2) is 0 Å². The van der Waals surface area contributed by atoms with Gasteiger partial charge < -0.3 is 15.5 Å². The maximum absolute atomic E-state index is 12.9. The fraction of sp³-hybridized carbons (Fsp3) is 0.308. The van der Waals surface area contributed by atoms with E-state index in [1.807, 2.05) is 29.6 Å². The molecule has 0 radical (unpaired) electrons. The number of hydrogen-bond donors (Lipinski definition) is 2. The van der Waals surface area contributed by atoms with Crippen LogP contribution in [0, 0.1) is 0 Å². The van der Waals surface area contributed by atoms with E-state index in [9.17, 15) is 22.8 Å². The van der Waals surface area contributed by atoms with Crippen molar-refractivity contribution < 1.29 is 22.8 Å². The van der Waals surface area contributed by atoms with Crippen LogP contribution in [-0.4, -0.2) is 42.5 Å². The molecule has 1 aliphatic heterocycles. The van der Waals surface area contributed by atoms with Crippen LogP contribution in [0.25, 0.3) is 0 Å². The summed E-state index contributed by atoms with van der Waals surface area (Å²) in [6, 6.07) is 14.7. The number of carbonyl (C=O) groups excluding carboxylic acids is 2. The first kappa shape index (κ1) is 26.0. The minimum Gasteiger partial charge on any atom is -0.380 e. The van der Waals surface area contributed by atoms with E-state index < -0.39 is 12.1 Å². The van der Waals surface area contributed by atoms with Crippen molar-refractivity contribution in [2.24, 2.45) is 0 Å². The molecule has 0 bridgehead atoms. The maximum atomic E-state index is 12.9. The molecule has 5 nitrogen and oxygen atoms in total. The molecule has 3 aromatic rings. The number of nitrogens with zero attached hydrogens (tertiary/aromatic N) is 1. The van der Waals surface area contributed by atoms with E-state index in [2.05, 4.69) is 10.6 Å². The molecule has 0 spiro atoms. The highest BCUT2D eigenvalue weighted by atomic mass is 35.5. The van der Waals surface area contributed by atoms with Crippen LogP contribution in [0.3, 0.4) is 0 Å². The van der Waals surface area contributed by atoms with Gasteiger partial charge in [0.05, 0.1) is 10.7 Å². The van der Waals surface area contributed by atoms with Gasteiger partial charge in [0.25, 0.3) is 5.91 Å². The lowest BCUT2D eigenvalue weighted by Crippen LogP contribution is -2.42. The minimum absolute atomic E-state index is 0.00324. The van der Waals surface area contributed by atoms with Gasteiger partial charge in [0.1, 0.15) is 0 Å². The molecule has 0 atom stereocenters. The van der Waals surface area contributed by atoms with Crippen LogP contribution in [0.4, 0.5) is 18.9 Å². The van der Waals surface area contributed by atoms with E-state index in [1.165, 1.54) is 4.88 Å². The summed E-state index contributed by atoms with van der Waals surface area (Å²) < 4.78 is 38.7. The Kier molecular flexibility index (Phi) is 8.21. The van der Waals surface area contributed by atoms with Gasteiger partial charge in [-0.1, -0.05) is 35.9 Å². The highest BCUT2D eigenvalue weighted by Crippen LogP contribution is 2.32. The Morgan fingerprint density at radius 2 is 1.78 bits per heavy atom. The van der Waals surface area contributed by atoms with Crippen molar-refractivity contribution >= 4 is 40.4 Å². The SMILES string of the molecule is O=C(NCCc1cccs1)c1ccc(CNc2c(Cl)ccc3c2CCN(C(=O)C(F)(F)F)CC3)cc1. The lowest BCUT2D eigenvalue weighted by molar-refractivity contribution is -0.185. The number of fused-ring (bicyclic) bond motifs is 1. The number of halogens is 4. The highest BCUT2D eigenvalue weighted by molar-refractivity contribution is 7.09. The van der Waals surface area contributed by atoms with Crippen LogP contribution in [0.5, 0.6) is 0 Å². The van der Waals surface area contributed by atoms with Crippen molar-refractivity contribution in [1.82, 2.24) is 10.2 Å². The normalized spacial score (nSPS) is 13.6. The van der Waals surface area contributed by atoms with E-state index in [0.717, 1.165) is 28.0 Å². The Morgan fingerprint density at radius 1 is 1.03 bits per heavy atom. The topological polar surface area (TPSA) is 61.4 Å². The van der Waals surface area contributed by atoms with Gasteiger partial charge in [-0.3, -0.25) is 9.59 Å². The van der Waals surface area contributed by atoms with Gasteiger partial charge in [-0.25, -0.2) is 0 Å². The average molecular weight is 536 g/mol. The first-order valence-electron chi connectivity index (χ1n) is 11.5. The zero-order chi connectivity index (χ0) is 25.7. The number of hydrogen-bond acceptors (Lipinski definition) is 4. The van der Waals surface area contributed by atoms with Gasteiger partial charge >= 0.3 is 12.1 Å². The third kappa shape index (κ3) is 6.39. The van der Waals surface area contributed by atoms with Gasteiger partial charge in [0.2, 0.25) is 0 Å². The van der Waals surface area contributed by atoms with Crippen LogP contribution in [0.15, 0.2) is 53.9 Å². The summed E-state index contributed by atoms with van der Waals surface area (Å²) in [4.78, 5) is 26.2. The standard InChI is InChI=1S/C26H25ClF3N3O2S/c27-22-8-7-18-10-13-33(25(35)26(28,29)30)14-11-21(18)23(22)32-16-17-3-5-19(6-4-17)24(34)31-12-9-20-2-1-15-36-20/h1-8,15,32H,9-14,16H2,(H,31,34). The third-order valence-electron chi connectivity index (χ3n) is 6.09. The number of benzene rings is 2. The van der Waals surface area contributed by atoms with E-state index in [-0.39, 0.29) is 25.4 Å². The van der Waals surface area contributed by atoms with E-state index in [1.54, 1.807) is 35.6 Å². The molecule has 4 rings (SSSR count). The first-order chi connectivity index (χ1) is 17.2. The largest absolute Gasteiger partial charge is 0.471 e. The fourth-order valence-corrected chi connectivity index (χ4v) is 5.14. The Morgan fingerprint density at radius 3 is 2.47 bits per heavy atom. The summed E-state index contributed by atoms with van der Waals surface area (Å²) in [5.41, 5.74) is 3.83. The van der Waals surface area contributed by atoms with Crippen LogP contribution < -0.4 is 10.6 Å². The molecule has 2 amide bonds. The van der Waals surface area contributed by atoms with Gasteiger partial charge in [-0.05, 0) is 65.6 Å². The van der Waals surface area contributed by atoms with Crippen LogP contribution in [0.1, 0.15) is 31.9 Å². The Bertz CT molecular complexity index is 1210. The molecular formula is C26H25ClF3N3O2S. The zero-order valence-electron chi connectivity index (χ0n) is 19.3. The summed E-state index contributed by atoms with van der Waals surface area (Å²) in [5, 5.41) is 8.69. The van der Waals surface area contributed by atoms with Crippen molar-refractivity contribution in [3.8, 4) is 0 Å². The first-order valence-corrected chi connectivity index (χ1v) is 12.8. The Labute approximate surface area is 216 Å². The molecule has 2 aromatic carbocycles. The summed E-state index contributed by atoms with van der Waals surface area (Å²) in [6.45, 7) is 0.952. The zero-order valence-corrected chi connectivity index (χ0v) is 20.9. The molecule has 36 heavy (non-hydrogen) atoms. The summed E-state index contributed by atoms with van der Waals surface area (Å²) in [6.07, 6.45) is -3.51. The third-order valence-corrected chi connectivity index (χ3v) is 7.35. The van der Waals surface area contributed by atoms with E-state index in [4.69, 9.17) is 11.6 Å². The smallest absolute Gasteiger partial charge is 0.380 e. The average Bonchev–Trinajstić information content (AvgIpc) is 3.28. The van der Waals surface area contributed by atoms with Crippen LogP contribution in [0.2, 0.25) is 5.02 Å². The number of nitrogens with one attached hydrogen (secondary N) is 2. The van der Waals surface area contributed by atoms with Crippen molar-refractivity contribution in [3.05, 3.63) is 86.1 Å². The van der Waals surface area contributed by atoms with Crippen molar-refractivity contribution in [1.29, 1.82) is 0 Å². The van der Waals surface area contributed by atoms with Crippen molar-refractivity contribution in [2.75, 3.05) is 25.0 Å². The second-order valence-electron chi connectivity index (χ2n) is 8.49. The van der Waals surface area contributed by atoms with Gasteiger partial charge in [-0.15, -0.1) is 11.3 Å². The van der Waals surface area contributed by atoms with Gasteiger partial charge in [-0.2, -0.15) is 13.2 Å². The number of alkyl halides is 3. The summed E-state index contributed by atoms with van der Waals surface area (Å²) in [7, 11) is 0. The number of rotatable bonds is 7. The number of anilines is 1. The molecule has 0 aliphatic carbocycles. The second kappa shape index (κ2) is 11.3. The van der Waals surface area contributed by atoms with Crippen molar-refractivity contribution in [3.63, 3.8) is 0 Å². The molecule has 1 aliphatic rings. The van der Waals surface area contributed by atoms with Crippen LogP contribution in [-0.2, 0) is 30.6 Å². The number of thiophene rings is 1. The summed E-state index contributed by atoms with van der Waals surface area (Å²) in [5.74, 6) is -1.95. The van der Waals surface area contributed by atoms with Crippen LogP contribution >= 0.6 is 22.9 Å². The molecule has 2 N–H and O–H groups in total. The highest BCUT2D eigenvalue weighted by Gasteiger charge is 2.42. The lowest BCUT2D eigenvalue weighted by Gasteiger charge is -2.21. The molecule has 0 unspecified atom stereocenters. The molecule has 0 fully saturated rings. The molecule has 2 heterocycles. The Balaban J connectivity index is 1.36. The maximum Gasteiger partial charge on any atom is 0.471 e. The molecule has 0 saturated heterocycles. The molecule has 190 valence electrons. The van der Waals surface area contributed by atoms with Gasteiger partial charge in [0, 0.05) is 36.6 Å². The minimum atomic E-state index is -4.89. The molecule has 0 saturated carbocycles. The van der Waals surface area contributed by atoms with Crippen molar-refractivity contribution in [2.45, 2.75) is 32.0 Å². The fourth-order valence-electron chi connectivity index (χ4n) is 4.19. The second-order valence-corrected chi connectivity index (χ2v) is 9.93. The predicted molar refractivity (Wildman–Crippen MR) is 136 cm³/mol. The summed E-state index contributed by atoms with van der Waals surface area (Å²) >= 11 is 8.09.